The molecule has 2 N–H and O–H groups in total. The average Bonchev–Trinajstić information content (AvgIpc) is 2.97. The molecule has 3 nitrogen and oxygen atoms in total. The highest BCUT2D eigenvalue weighted by atomic mass is 19.1. The highest BCUT2D eigenvalue weighted by Gasteiger charge is 2.19. The first kappa shape index (κ1) is 18.2. The minimum Gasteiger partial charge on any atom is -0.366 e. The van der Waals surface area contributed by atoms with Crippen LogP contribution in [0, 0.1) is 11.6 Å². The first-order valence-electron chi connectivity index (χ1n) is 9.16. The van der Waals surface area contributed by atoms with Crippen molar-refractivity contribution < 1.29 is 13.6 Å². The fourth-order valence-corrected chi connectivity index (χ4v) is 3.74. The van der Waals surface area contributed by atoms with E-state index in [-0.39, 0.29) is 18.0 Å². The van der Waals surface area contributed by atoms with Crippen molar-refractivity contribution in [3.8, 4) is 0 Å². The lowest BCUT2D eigenvalue weighted by atomic mass is 10.00. The molecular weight excluding hydrogens is 358 g/mol. The second kappa shape index (κ2) is 6.75. The molecule has 1 aromatic heterocycles. The van der Waals surface area contributed by atoms with Crippen LogP contribution in [0.25, 0.3) is 21.8 Å². The summed E-state index contributed by atoms with van der Waals surface area (Å²) in [6.45, 7) is 4.18. The predicted octanol–water partition coefficient (Wildman–Crippen LogP) is 5.34. The summed E-state index contributed by atoms with van der Waals surface area (Å²) in [6.07, 6.45) is 0. The van der Waals surface area contributed by atoms with Crippen LogP contribution in [0.2, 0.25) is 0 Å². The standard InChI is InChI=1S/C23H20F2N2O/c1-13(2)14-9-10-15-21(11-14)27(12-17-18(24)6-4-7-19(17)25)20-8-3-5-16(22(15)20)23(26)28/h3-11,13H,12H2,1-2H3,(H2,26,28). The van der Waals surface area contributed by atoms with Gasteiger partial charge in [0.15, 0.2) is 0 Å². The first-order valence-corrected chi connectivity index (χ1v) is 9.16. The van der Waals surface area contributed by atoms with Crippen molar-refractivity contribution in [1.29, 1.82) is 0 Å². The molecule has 0 atom stereocenters. The number of benzene rings is 3. The lowest BCUT2D eigenvalue weighted by Crippen LogP contribution is -2.11. The zero-order valence-electron chi connectivity index (χ0n) is 15.7. The van der Waals surface area contributed by atoms with Gasteiger partial charge in [0.25, 0.3) is 0 Å². The zero-order chi connectivity index (χ0) is 20.0. The number of hydrogen-bond acceptors (Lipinski definition) is 1. The van der Waals surface area contributed by atoms with Gasteiger partial charge in [0, 0.05) is 27.4 Å². The molecule has 142 valence electrons. The Kier molecular flexibility index (Phi) is 4.38. The highest BCUT2D eigenvalue weighted by Crippen LogP contribution is 2.34. The SMILES string of the molecule is CC(C)c1ccc2c3c(C(N)=O)cccc3n(Cc3c(F)cccc3F)c2c1. The van der Waals surface area contributed by atoms with Crippen molar-refractivity contribution in [2.45, 2.75) is 26.3 Å². The molecule has 0 radical (unpaired) electrons. The molecule has 5 heteroatoms. The van der Waals surface area contributed by atoms with Crippen molar-refractivity contribution in [3.63, 3.8) is 0 Å². The second-order valence-electron chi connectivity index (χ2n) is 7.28. The Hall–Kier alpha value is -3.21. The number of carbonyl (C=O) groups is 1. The Bertz CT molecular complexity index is 1200. The third-order valence-corrected chi connectivity index (χ3v) is 5.23. The maximum Gasteiger partial charge on any atom is 0.249 e. The molecule has 0 fully saturated rings. The molecule has 1 amide bonds. The minimum absolute atomic E-state index is 0.0132. The summed E-state index contributed by atoms with van der Waals surface area (Å²) in [7, 11) is 0. The summed E-state index contributed by atoms with van der Waals surface area (Å²) in [4.78, 5) is 12.0. The van der Waals surface area contributed by atoms with Crippen LogP contribution in [0.1, 0.15) is 41.3 Å². The summed E-state index contributed by atoms with van der Waals surface area (Å²) in [5, 5.41) is 1.54. The number of rotatable bonds is 4. The molecule has 0 saturated heterocycles. The Morgan fingerprint density at radius 3 is 2.32 bits per heavy atom. The van der Waals surface area contributed by atoms with Crippen LogP contribution >= 0.6 is 0 Å². The number of nitrogens with zero attached hydrogens (tertiary/aromatic N) is 1. The van der Waals surface area contributed by atoms with Crippen LogP contribution in [0.15, 0.2) is 54.6 Å². The van der Waals surface area contributed by atoms with Crippen molar-refractivity contribution in [3.05, 3.63) is 82.9 Å². The monoisotopic (exact) mass is 378 g/mol. The van der Waals surface area contributed by atoms with Gasteiger partial charge in [-0.3, -0.25) is 4.79 Å². The largest absolute Gasteiger partial charge is 0.366 e. The van der Waals surface area contributed by atoms with Gasteiger partial charge in [0.2, 0.25) is 5.91 Å². The summed E-state index contributed by atoms with van der Waals surface area (Å²) < 4.78 is 30.5. The lowest BCUT2D eigenvalue weighted by molar-refractivity contribution is 0.100. The number of nitrogens with two attached hydrogens (primary N) is 1. The summed E-state index contributed by atoms with van der Waals surface area (Å²) in [5.41, 5.74) is 8.61. The van der Waals surface area contributed by atoms with Crippen LogP contribution in [0.4, 0.5) is 8.78 Å². The van der Waals surface area contributed by atoms with Gasteiger partial charge >= 0.3 is 0 Å². The Morgan fingerprint density at radius 2 is 1.68 bits per heavy atom. The number of halogens is 2. The molecule has 0 saturated carbocycles. The molecule has 0 aliphatic heterocycles. The quantitative estimate of drug-likeness (QED) is 0.512. The van der Waals surface area contributed by atoms with Crippen molar-refractivity contribution in [2.75, 3.05) is 0 Å². The molecule has 0 aliphatic carbocycles. The van der Waals surface area contributed by atoms with Gasteiger partial charge in [-0.15, -0.1) is 0 Å². The fraction of sp³-hybridized carbons (Fsp3) is 0.174. The Morgan fingerprint density at radius 1 is 1.00 bits per heavy atom. The predicted molar refractivity (Wildman–Crippen MR) is 108 cm³/mol. The summed E-state index contributed by atoms with van der Waals surface area (Å²) in [6, 6.07) is 15.1. The first-order chi connectivity index (χ1) is 13.4. The number of aromatic nitrogens is 1. The van der Waals surface area contributed by atoms with Gasteiger partial charge in [0.1, 0.15) is 11.6 Å². The van der Waals surface area contributed by atoms with E-state index in [1.54, 1.807) is 12.1 Å². The summed E-state index contributed by atoms with van der Waals surface area (Å²) >= 11 is 0. The third kappa shape index (κ3) is 2.83. The van der Waals surface area contributed by atoms with E-state index in [9.17, 15) is 13.6 Å². The molecule has 0 aliphatic rings. The third-order valence-electron chi connectivity index (χ3n) is 5.23. The topological polar surface area (TPSA) is 48.0 Å². The number of amides is 1. The van der Waals surface area contributed by atoms with Gasteiger partial charge < -0.3 is 10.3 Å². The van der Waals surface area contributed by atoms with E-state index in [4.69, 9.17) is 5.73 Å². The molecule has 0 unspecified atom stereocenters. The fourth-order valence-electron chi connectivity index (χ4n) is 3.74. The molecular formula is C23H20F2N2O. The average molecular weight is 378 g/mol. The number of fused-ring (bicyclic) bond motifs is 3. The molecule has 0 bridgehead atoms. The van der Waals surface area contributed by atoms with Gasteiger partial charge in [-0.2, -0.15) is 0 Å². The number of hydrogen-bond donors (Lipinski definition) is 1. The molecule has 28 heavy (non-hydrogen) atoms. The van der Waals surface area contributed by atoms with E-state index in [0.29, 0.717) is 10.9 Å². The highest BCUT2D eigenvalue weighted by molar-refractivity contribution is 6.18. The van der Waals surface area contributed by atoms with E-state index in [1.807, 2.05) is 28.8 Å². The molecule has 4 rings (SSSR count). The van der Waals surface area contributed by atoms with E-state index in [2.05, 4.69) is 13.8 Å². The van der Waals surface area contributed by atoms with Crippen LogP contribution in [-0.4, -0.2) is 10.5 Å². The lowest BCUT2D eigenvalue weighted by Gasteiger charge is -2.11. The van der Waals surface area contributed by atoms with E-state index in [0.717, 1.165) is 22.0 Å². The van der Waals surface area contributed by atoms with E-state index >= 15 is 0 Å². The Labute approximate surface area is 161 Å². The van der Waals surface area contributed by atoms with Crippen molar-refractivity contribution in [2.24, 2.45) is 5.73 Å². The van der Waals surface area contributed by atoms with Crippen LogP contribution < -0.4 is 5.73 Å². The van der Waals surface area contributed by atoms with Gasteiger partial charge in [-0.1, -0.05) is 38.1 Å². The van der Waals surface area contributed by atoms with Gasteiger partial charge in [-0.25, -0.2) is 8.78 Å². The number of primary amides is 1. The summed E-state index contributed by atoms with van der Waals surface area (Å²) in [5.74, 6) is -1.44. The van der Waals surface area contributed by atoms with Crippen LogP contribution in [0.5, 0.6) is 0 Å². The van der Waals surface area contributed by atoms with Crippen LogP contribution in [-0.2, 0) is 6.54 Å². The number of carbonyl (C=O) groups excluding carboxylic acids is 1. The zero-order valence-corrected chi connectivity index (χ0v) is 15.7. The van der Waals surface area contributed by atoms with Crippen LogP contribution in [0.3, 0.4) is 0 Å². The van der Waals surface area contributed by atoms with Crippen molar-refractivity contribution in [1.82, 2.24) is 4.57 Å². The molecule has 1 heterocycles. The minimum atomic E-state index is -0.596. The van der Waals surface area contributed by atoms with E-state index in [1.165, 1.54) is 18.2 Å². The van der Waals surface area contributed by atoms with Crippen molar-refractivity contribution >= 4 is 27.7 Å². The van der Waals surface area contributed by atoms with E-state index < -0.39 is 17.5 Å². The van der Waals surface area contributed by atoms with Gasteiger partial charge in [-0.05, 0) is 41.8 Å². The second-order valence-corrected chi connectivity index (χ2v) is 7.28. The smallest absolute Gasteiger partial charge is 0.249 e. The molecule has 0 spiro atoms. The van der Waals surface area contributed by atoms with Gasteiger partial charge in [0.05, 0.1) is 12.1 Å². The Balaban J connectivity index is 2.08. The molecule has 3 aromatic carbocycles. The maximum absolute atomic E-state index is 14.3. The molecule has 4 aromatic rings. The normalized spacial score (nSPS) is 11.6. The maximum atomic E-state index is 14.3.